The Morgan fingerprint density at radius 1 is 0.893 bits per heavy atom. The van der Waals surface area contributed by atoms with E-state index < -0.39 is 11.6 Å². The summed E-state index contributed by atoms with van der Waals surface area (Å²) in [6.45, 7) is 5.41. The smallest absolute Gasteiger partial charge is 0.150 e. The van der Waals surface area contributed by atoms with E-state index in [2.05, 4.69) is 15.3 Å². The molecule has 0 unspecified atom stereocenters. The lowest BCUT2D eigenvalue weighted by atomic mass is 10.2. The first-order valence-electron chi connectivity index (χ1n) is 8.67. The Labute approximate surface area is 159 Å². The predicted molar refractivity (Wildman–Crippen MR) is 103 cm³/mol. The minimum Gasteiger partial charge on any atom is -0.339 e. The number of hydrogen-bond acceptors (Lipinski definition) is 3. The van der Waals surface area contributed by atoms with E-state index in [1.165, 1.54) is 24.5 Å². The van der Waals surface area contributed by atoms with Gasteiger partial charge in [0.25, 0.3) is 0 Å². The van der Waals surface area contributed by atoms with E-state index in [-0.39, 0.29) is 5.82 Å². The van der Waals surface area contributed by atoms with Crippen molar-refractivity contribution in [1.82, 2.24) is 14.5 Å². The summed E-state index contributed by atoms with van der Waals surface area (Å²) in [6, 6.07) is 8.15. The minimum atomic E-state index is -0.670. The van der Waals surface area contributed by atoms with Crippen LogP contribution in [0.4, 0.5) is 24.7 Å². The first-order chi connectivity index (χ1) is 13.3. The monoisotopic (exact) mass is 382 g/mol. The van der Waals surface area contributed by atoms with Gasteiger partial charge < -0.3 is 5.32 Å². The molecule has 0 bridgehead atoms. The van der Waals surface area contributed by atoms with Gasteiger partial charge >= 0.3 is 0 Å². The summed E-state index contributed by atoms with van der Waals surface area (Å²) in [5.41, 5.74) is 3.56. The third-order valence-electron chi connectivity index (χ3n) is 4.83. The minimum absolute atomic E-state index is 0.323. The van der Waals surface area contributed by atoms with Crippen LogP contribution in [0, 0.1) is 38.2 Å². The lowest BCUT2D eigenvalue weighted by Crippen LogP contribution is -2.01. The molecule has 0 radical (unpaired) electrons. The Hall–Kier alpha value is -3.35. The van der Waals surface area contributed by atoms with Crippen molar-refractivity contribution in [3.63, 3.8) is 0 Å². The van der Waals surface area contributed by atoms with Crippen molar-refractivity contribution in [3.8, 4) is 5.69 Å². The summed E-state index contributed by atoms with van der Waals surface area (Å²) in [4.78, 5) is 8.62. The van der Waals surface area contributed by atoms with Crippen molar-refractivity contribution >= 4 is 22.5 Å². The molecule has 4 nitrogen and oxygen atoms in total. The molecule has 4 aromatic rings. The van der Waals surface area contributed by atoms with E-state index in [9.17, 15) is 13.2 Å². The first-order valence-corrected chi connectivity index (χ1v) is 8.67. The van der Waals surface area contributed by atoms with Gasteiger partial charge in [-0.25, -0.2) is 23.1 Å². The highest BCUT2D eigenvalue weighted by Gasteiger charge is 2.19. The maximum atomic E-state index is 13.9. The fourth-order valence-corrected chi connectivity index (χ4v) is 3.29. The molecule has 0 atom stereocenters. The maximum Gasteiger partial charge on any atom is 0.150 e. The zero-order valence-electron chi connectivity index (χ0n) is 15.5. The average Bonchev–Trinajstić information content (AvgIpc) is 2.89. The van der Waals surface area contributed by atoms with Crippen molar-refractivity contribution in [3.05, 3.63) is 77.0 Å². The lowest BCUT2D eigenvalue weighted by molar-refractivity contribution is 0.581. The number of anilines is 2. The number of rotatable bonds is 3. The molecule has 0 aliphatic rings. The van der Waals surface area contributed by atoms with Gasteiger partial charge in [-0.3, -0.25) is 4.57 Å². The van der Waals surface area contributed by atoms with Crippen LogP contribution < -0.4 is 5.32 Å². The number of halogens is 3. The molecule has 0 spiro atoms. The Balaban J connectivity index is 1.90. The van der Waals surface area contributed by atoms with Gasteiger partial charge in [0, 0.05) is 17.4 Å². The molecule has 142 valence electrons. The van der Waals surface area contributed by atoms with Gasteiger partial charge in [0.1, 0.15) is 29.6 Å². The number of aryl methyl sites for hydroxylation is 2. The van der Waals surface area contributed by atoms with Crippen LogP contribution in [0.2, 0.25) is 0 Å². The first kappa shape index (κ1) is 18.0. The molecular formula is C21H17F3N4. The van der Waals surface area contributed by atoms with Crippen molar-refractivity contribution in [2.75, 3.05) is 5.32 Å². The van der Waals surface area contributed by atoms with Crippen molar-refractivity contribution in [2.24, 2.45) is 0 Å². The number of aromatic nitrogens is 3. The third kappa shape index (κ3) is 2.98. The van der Waals surface area contributed by atoms with Gasteiger partial charge in [-0.05, 0) is 56.2 Å². The molecule has 28 heavy (non-hydrogen) atoms. The Morgan fingerprint density at radius 2 is 1.61 bits per heavy atom. The van der Waals surface area contributed by atoms with Crippen LogP contribution in [0.1, 0.15) is 16.8 Å². The van der Waals surface area contributed by atoms with Crippen LogP contribution >= 0.6 is 0 Å². The lowest BCUT2D eigenvalue weighted by Gasteiger charge is -2.10. The highest BCUT2D eigenvalue weighted by atomic mass is 19.1. The topological polar surface area (TPSA) is 42.7 Å². The molecule has 0 fully saturated rings. The van der Waals surface area contributed by atoms with Crippen LogP contribution in [0.25, 0.3) is 16.7 Å². The molecular weight excluding hydrogens is 365 g/mol. The number of nitrogens with zero attached hydrogens (tertiary/aromatic N) is 3. The molecule has 4 rings (SSSR count). The van der Waals surface area contributed by atoms with Crippen LogP contribution in [0.5, 0.6) is 0 Å². The fraction of sp³-hybridized carbons (Fsp3) is 0.143. The van der Waals surface area contributed by atoms with Crippen molar-refractivity contribution in [2.45, 2.75) is 20.8 Å². The zero-order chi connectivity index (χ0) is 20.0. The third-order valence-corrected chi connectivity index (χ3v) is 4.83. The molecule has 7 heteroatoms. The van der Waals surface area contributed by atoms with Crippen LogP contribution in [0.3, 0.4) is 0 Å². The number of fused-ring (bicyclic) bond motifs is 1. The summed E-state index contributed by atoms with van der Waals surface area (Å²) in [6.07, 6.45) is 1.36. The Bertz CT molecular complexity index is 1190. The quantitative estimate of drug-likeness (QED) is 0.508. The van der Waals surface area contributed by atoms with E-state index in [4.69, 9.17) is 0 Å². The highest BCUT2D eigenvalue weighted by Crippen LogP contribution is 2.33. The molecule has 2 heterocycles. The van der Waals surface area contributed by atoms with Gasteiger partial charge in [-0.1, -0.05) is 6.07 Å². The van der Waals surface area contributed by atoms with Gasteiger partial charge in [-0.2, -0.15) is 0 Å². The molecule has 1 N–H and O–H groups in total. The molecule has 2 aromatic carbocycles. The van der Waals surface area contributed by atoms with E-state index in [1.54, 1.807) is 23.6 Å². The second-order valence-corrected chi connectivity index (χ2v) is 6.68. The van der Waals surface area contributed by atoms with Gasteiger partial charge in [-0.15, -0.1) is 0 Å². The predicted octanol–water partition coefficient (Wildman–Crippen LogP) is 5.51. The molecule has 0 amide bonds. The molecule has 0 saturated carbocycles. The molecule has 0 aliphatic carbocycles. The van der Waals surface area contributed by atoms with Gasteiger partial charge in [0.2, 0.25) is 0 Å². The zero-order valence-corrected chi connectivity index (χ0v) is 15.5. The van der Waals surface area contributed by atoms with E-state index in [0.29, 0.717) is 33.8 Å². The number of benzene rings is 2. The maximum absolute atomic E-state index is 13.9. The van der Waals surface area contributed by atoms with E-state index in [1.807, 2.05) is 13.8 Å². The normalized spacial score (nSPS) is 11.2. The average molecular weight is 382 g/mol. The van der Waals surface area contributed by atoms with E-state index >= 15 is 0 Å². The van der Waals surface area contributed by atoms with Crippen LogP contribution in [0.15, 0.2) is 42.7 Å². The van der Waals surface area contributed by atoms with Crippen molar-refractivity contribution in [1.29, 1.82) is 0 Å². The summed E-state index contributed by atoms with van der Waals surface area (Å²) in [5, 5.41) is 3.82. The SMILES string of the molecule is Cc1ccc(Nc2ncnc3c2c(C)c(C)n3-c2cc(F)cc(F)c2)cc1F. The van der Waals surface area contributed by atoms with Gasteiger partial charge in [0.05, 0.1) is 11.1 Å². The van der Waals surface area contributed by atoms with E-state index in [0.717, 1.165) is 17.3 Å². The molecule has 0 aliphatic heterocycles. The van der Waals surface area contributed by atoms with Crippen LogP contribution in [-0.2, 0) is 0 Å². The number of nitrogens with one attached hydrogen (secondary N) is 1. The standard InChI is InChI=1S/C21H17F3N4/c1-11-4-5-16(9-18(11)24)27-20-19-12(2)13(3)28(21(19)26-10-25-20)17-7-14(22)6-15(23)8-17/h4-10H,1-3H3,(H,25,26,27). The molecule has 0 saturated heterocycles. The molecule has 2 aromatic heterocycles. The largest absolute Gasteiger partial charge is 0.339 e. The summed E-state index contributed by atoms with van der Waals surface area (Å²) in [5.74, 6) is -1.17. The summed E-state index contributed by atoms with van der Waals surface area (Å²) >= 11 is 0. The second kappa shape index (κ2) is 6.67. The Kier molecular flexibility index (Phi) is 4.30. The second-order valence-electron chi connectivity index (χ2n) is 6.68. The number of hydrogen-bond donors (Lipinski definition) is 1. The fourth-order valence-electron chi connectivity index (χ4n) is 3.29. The highest BCUT2D eigenvalue weighted by molar-refractivity contribution is 5.94. The van der Waals surface area contributed by atoms with Gasteiger partial charge in [0.15, 0.2) is 5.65 Å². The summed E-state index contributed by atoms with van der Waals surface area (Å²) in [7, 11) is 0. The Morgan fingerprint density at radius 3 is 2.29 bits per heavy atom. The van der Waals surface area contributed by atoms with Crippen LogP contribution in [-0.4, -0.2) is 14.5 Å². The van der Waals surface area contributed by atoms with Crippen molar-refractivity contribution < 1.29 is 13.2 Å². The summed E-state index contributed by atoms with van der Waals surface area (Å²) < 4.78 is 43.1.